The molecule has 3 fully saturated rings. The van der Waals surface area contributed by atoms with Gasteiger partial charge in [0.25, 0.3) is 0 Å². The van der Waals surface area contributed by atoms with E-state index in [9.17, 15) is 9.18 Å². The van der Waals surface area contributed by atoms with Crippen LogP contribution in [0.2, 0.25) is 5.02 Å². The second-order valence-corrected chi connectivity index (χ2v) is 11.4. The van der Waals surface area contributed by atoms with E-state index in [0.717, 1.165) is 60.9 Å². The first kappa shape index (κ1) is 24.0. The molecule has 1 amide bonds. The predicted molar refractivity (Wildman–Crippen MR) is 134 cm³/mol. The lowest BCUT2D eigenvalue weighted by molar-refractivity contribution is -0.131. The zero-order valence-corrected chi connectivity index (χ0v) is 20.9. The molecule has 34 heavy (non-hydrogen) atoms. The molecule has 3 heterocycles. The van der Waals surface area contributed by atoms with Gasteiger partial charge in [-0.1, -0.05) is 11.6 Å². The zero-order chi connectivity index (χ0) is 23.9. The Morgan fingerprint density at radius 2 is 1.94 bits per heavy atom. The van der Waals surface area contributed by atoms with Gasteiger partial charge in [-0.2, -0.15) is 0 Å². The van der Waals surface area contributed by atoms with E-state index in [1.807, 2.05) is 12.1 Å². The van der Waals surface area contributed by atoms with Gasteiger partial charge in [0.15, 0.2) is 0 Å². The normalized spacial score (nSPS) is 29.9. The van der Waals surface area contributed by atoms with Crippen LogP contribution in [0, 0.1) is 5.92 Å². The number of amides is 1. The Balaban J connectivity index is 1.26. The Morgan fingerprint density at radius 3 is 2.62 bits per heavy atom. The number of halogens is 2. The molecule has 0 bridgehead atoms. The van der Waals surface area contributed by atoms with E-state index in [4.69, 9.17) is 16.3 Å². The van der Waals surface area contributed by atoms with E-state index >= 15 is 0 Å². The number of carbonyl (C=O) groups excluding carboxylic acids is 1. The van der Waals surface area contributed by atoms with Crippen LogP contribution in [-0.4, -0.2) is 53.3 Å². The smallest absolute Gasteiger partial charge is 0.230 e. The summed E-state index contributed by atoms with van der Waals surface area (Å²) in [6.45, 7) is 6.05. The number of hydrogen-bond donors (Lipinski definition) is 1. The largest absolute Gasteiger partial charge is 0.375 e. The summed E-state index contributed by atoms with van der Waals surface area (Å²) in [7, 11) is 0. The molecule has 1 aliphatic carbocycles. The zero-order valence-electron chi connectivity index (χ0n) is 20.2. The van der Waals surface area contributed by atoms with E-state index in [1.54, 1.807) is 6.20 Å². The van der Waals surface area contributed by atoms with Crippen molar-refractivity contribution in [3.05, 3.63) is 35.0 Å². The number of carbonyl (C=O) groups is 1. The molecule has 5 rings (SSSR count). The van der Waals surface area contributed by atoms with Crippen molar-refractivity contribution in [3.8, 4) is 0 Å². The Morgan fingerprint density at radius 1 is 1.15 bits per heavy atom. The maximum atomic E-state index is 13.6. The number of aromatic nitrogens is 1. The van der Waals surface area contributed by atoms with Gasteiger partial charge in [-0.25, -0.2) is 9.37 Å². The first-order chi connectivity index (χ1) is 16.3. The van der Waals surface area contributed by atoms with E-state index in [-0.39, 0.29) is 17.4 Å². The molecule has 5 nitrogen and oxygen atoms in total. The molecule has 1 aromatic heterocycles. The van der Waals surface area contributed by atoms with Crippen LogP contribution in [0.4, 0.5) is 10.2 Å². The van der Waals surface area contributed by atoms with E-state index < -0.39 is 6.17 Å². The van der Waals surface area contributed by atoms with Crippen molar-refractivity contribution in [3.63, 3.8) is 0 Å². The maximum absolute atomic E-state index is 13.6. The Labute approximate surface area is 206 Å². The molecule has 1 unspecified atom stereocenters. The second-order valence-electron chi connectivity index (χ2n) is 11.0. The summed E-state index contributed by atoms with van der Waals surface area (Å²) in [5.74, 6) is 0.789. The van der Waals surface area contributed by atoms with Crippen molar-refractivity contribution in [1.82, 2.24) is 9.88 Å². The first-order valence-corrected chi connectivity index (χ1v) is 13.1. The molecule has 3 aliphatic rings. The third-order valence-electron chi connectivity index (χ3n) is 8.04. The number of hydrogen-bond acceptors (Lipinski definition) is 4. The lowest BCUT2D eigenvalue weighted by atomic mass is 9.81. The van der Waals surface area contributed by atoms with Gasteiger partial charge < -0.3 is 10.1 Å². The Kier molecular flexibility index (Phi) is 6.84. The highest BCUT2D eigenvalue weighted by atomic mass is 35.5. The topological polar surface area (TPSA) is 54.5 Å². The van der Waals surface area contributed by atoms with Crippen LogP contribution in [0.15, 0.2) is 24.4 Å². The lowest BCUT2D eigenvalue weighted by Gasteiger charge is -2.35. The van der Waals surface area contributed by atoms with Crippen molar-refractivity contribution >= 4 is 34.1 Å². The number of alkyl halides is 1. The summed E-state index contributed by atoms with van der Waals surface area (Å²) in [6.07, 6.45) is 7.78. The number of benzene rings is 1. The van der Waals surface area contributed by atoms with Crippen molar-refractivity contribution < 1.29 is 13.9 Å². The summed E-state index contributed by atoms with van der Waals surface area (Å²) in [5.41, 5.74) is 1.01. The third-order valence-corrected chi connectivity index (χ3v) is 8.37. The third kappa shape index (κ3) is 5.24. The molecule has 0 spiro atoms. The summed E-state index contributed by atoms with van der Waals surface area (Å²) in [6, 6.07) is 6.59. The molecular formula is C27H35ClFN3O2. The number of fused-ring (bicyclic) bond motifs is 1. The van der Waals surface area contributed by atoms with Gasteiger partial charge in [0.1, 0.15) is 12.0 Å². The van der Waals surface area contributed by atoms with Crippen molar-refractivity contribution in [2.45, 2.75) is 82.5 Å². The van der Waals surface area contributed by atoms with Gasteiger partial charge in [-0.05, 0) is 93.9 Å². The number of nitrogens with zero attached hydrogens (tertiary/aromatic N) is 2. The van der Waals surface area contributed by atoms with E-state index in [2.05, 4.69) is 35.1 Å². The molecule has 2 atom stereocenters. The van der Waals surface area contributed by atoms with E-state index in [1.165, 1.54) is 5.56 Å². The number of pyridine rings is 1. The van der Waals surface area contributed by atoms with Crippen LogP contribution in [-0.2, 0) is 9.53 Å². The second kappa shape index (κ2) is 9.71. The summed E-state index contributed by atoms with van der Waals surface area (Å²) in [4.78, 5) is 19.5. The van der Waals surface area contributed by atoms with Crippen molar-refractivity contribution in [2.75, 3.05) is 25.0 Å². The number of anilines is 1. The van der Waals surface area contributed by atoms with Crippen LogP contribution >= 0.6 is 11.6 Å². The lowest BCUT2D eigenvalue weighted by Crippen LogP contribution is -2.38. The highest BCUT2D eigenvalue weighted by molar-refractivity contribution is 6.32. The first-order valence-electron chi connectivity index (χ1n) is 12.7. The molecule has 1 saturated carbocycles. The van der Waals surface area contributed by atoms with Gasteiger partial charge >= 0.3 is 0 Å². The summed E-state index contributed by atoms with van der Waals surface area (Å²) in [5, 5.41) is 5.77. The highest BCUT2D eigenvalue weighted by Crippen LogP contribution is 2.40. The molecule has 1 aromatic carbocycles. The predicted octanol–water partition coefficient (Wildman–Crippen LogP) is 6.10. The fourth-order valence-electron chi connectivity index (χ4n) is 5.83. The molecule has 2 aliphatic heterocycles. The molecule has 0 radical (unpaired) electrons. The average molecular weight is 488 g/mol. The van der Waals surface area contributed by atoms with Crippen LogP contribution in [0.25, 0.3) is 10.8 Å². The molecule has 2 aromatic rings. The van der Waals surface area contributed by atoms with Crippen LogP contribution < -0.4 is 5.32 Å². The molecule has 184 valence electrons. The minimum Gasteiger partial charge on any atom is -0.375 e. The van der Waals surface area contributed by atoms with E-state index in [0.29, 0.717) is 37.4 Å². The number of ether oxygens (including phenoxy) is 1. The number of likely N-dealkylation sites (tertiary alicyclic amines) is 1. The number of rotatable bonds is 4. The summed E-state index contributed by atoms with van der Waals surface area (Å²) < 4.78 is 19.5. The van der Waals surface area contributed by atoms with Crippen molar-refractivity contribution in [2.24, 2.45) is 5.92 Å². The van der Waals surface area contributed by atoms with Gasteiger partial charge in [0.05, 0.1) is 18.1 Å². The van der Waals surface area contributed by atoms with Gasteiger partial charge in [0, 0.05) is 35.7 Å². The van der Waals surface area contributed by atoms with Gasteiger partial charge in [0.2, 0.25) is 5.91 Å². The highest BCUT2D eigenvalue weighted by Gasteiger charge is 2.33. The molecule has 2 saturated heterocycles. The standard InChI is InChI=1S/C27H35ClFN3O2/c1-27(2)9-7-18(16-34-27)26(33)31-25-13-19-11-23(24(28)12-20(19)14-30-25)17-3-5-22(6-4-17)32-10-8-21(29)15-32/h11-14,17-18,21-22H,3-10,15-16H2,1-2H3,(H,30,31,33)/t17-,18?,21-,22-/m0/s1. The maximum Gasteiger partial charge on any atom is 0.230 e. The van der Waals surface area contributed by atoms with Crippen molar-refractivity contribution in [1.29, 1.82) is 0 Å². The quantitative estimate of drug-likeness (QED) is 0.566. The molecule has 1 N–H and O–H groups in total. The van der Waals surface area contributed by atoms with Gasteiger partial charge in [-0.3, -0.25) is 9.69 Å². The Bertz CT molecular complexity index is 1040. The molecular weight excluding hydrogens is 453 g/mol. The monoisotopic (exact) mass is 487 g/mol. The minimum atomic E-state index is -0.659. The molecule has 7 heteroatoms. The van der Waals surface area contributed by atoms with Gasteiger partial charge in [-0.15, -0.1) is 0 Å². The average Bonchev–Trinajstić information content (AvgIpc) is 3.25. The number of nitrogens with one attached hydrogen (secondary N) is 1. The van der Waals surface area contributed by atoms with Crippen LogP contribution in [0.1, 0.15) is 70.3 Å². The minimum absolute atomic E-state index is 0.0349. The fraction of sp³-hybridized carbons (Fsp3) is 0.630. The van der Waals surface area contributed by atoms with Crippen LogP contribution in [0.3, 0.4) is 0 Å². The fourth-order valence-corrected chi connectivity index (χ4v) is 6.16. The summed E-state index contributed by atoms with van der Waals surface area (Å²) >= 11 is 6.70. The van der Waals surface area contributed by atoms with Crippen LogP contribution in [0.5, 0.6) is 0 Å². The SMILES string of the molecule is CC1(C)CCC(C(=O)Nc2cc3cc([C@H]4CC[C@H](N5CC[C@H](F)C5)CC4)c(Cl)cc3cn2)CO1. The Hall–Kier alpha value is -1.76.